The molecule has 0 spiro atoms. The molecule has 0 radical (unpaired) electrons. The Balaban J connectivity index is 1.74. The van der Waals surface area contributed by atoms with Crippen LogP contribution < -0.4 is 0 Å². The van der Waals surface area contributed by atoms with E-state index in [-0.39, 0.29) is 54.0 Å². The number of hydrogen-bond acceptors (Lipinski definition) is 6. The molecule has 0 unspecified atom stereocenters. The van der Waals surface area contributed by atoms with Crippen LogP contribution in [0.1, 0.15) is 16.7 Å². The molecule has 9 nitrogen and oxygen atoms in total. The highest BCUT2D eigenvalue weighted by Crippen LogP contribution is 2.19. The van der Waals surface area contributed by atoms with E-state index in [1.807, 2.05) is 20.8 Å². The minimum absolute atomic E-state index is 0.0511. The molecule has 0 bridgehead atoms. The molecular formula is C33H33N3O6S3. The molecule has 0 fully saturated rings. The Morgan fingerprint density at radius 2 is 0.556 bits per heavy atom. The first-order valence-corrected chi connectivity index (χ1v) is 18.2. The monoisotopic (exact) mass is 663 g/mol. The van der Waals surface area contributed by atoms with Crippen LogP contribution >= 0.6 is 0 Å². The number of aryl methyl sites for hydroxylation is 3. The number of nitrogens with zero attached hydrogens (tertiary/aromatic N) is 3. The van der Waals surface area contributed by atoms with Crippen molar-refractivity contribution in [2.75, 3.05) is 39.3 Å². The predicted octanol–water partition coefficient (Wildman–Crippen LogP) is 3.01. The molecule has 0 aliphatic carbocycles. The SMILES string of the molecule is Cc1ccc(S(=O)(=O)N2CC#CCN(S(=O)(=O)c3ccc(C)cc3)CC#CCN(S(=O)(=O)c3ccc(C)cc3)CC#CC2)cc1. The van der Waals surface area contributed by atoms with Crippen molar-refractivity contribution in [2.45, 2.75) is 35.5 Å². The van der Waals surface area contributed by atoms with Gasteiger partial charge in [0.15, 0.2) is 0 Å². The Kier molecular flexibility index (Phi) is 10.9. The second-order valence-electron chi connectivity index (χ2n) is 10.3. The number of benzene rings is 3. The first-order chi connectivity index (χ1) is 21.3. The second kappa shape index (κ2) is 14.4. The van der Waals surface area contributed by atoms with Crippen LogP contribution in [-0.4, -0.2) is 77.4 Å². The molecule has 0 atom stereocenters. The van der Waals surface area contributed by atoms with Crippen molar-refractivity contribution in [1.29, 1.82) is 0 Å². The van der Waals surface area contributed by atoms with E-state index < -0.39 is 30.1 Å². The molecule has 3 aromatic carbocycles. The summed E-state index contributed by atoms with van der Waals surface area (Å²) in [6.07, 6.45) is 0. The van der Waals surface area contributed by atoms with E-state index in [2.05, 4.69) is 35.5 Å². The molecule has 1 aliphatic heterocycles. The van der Waals surface area contributed by atoms with Crippen molar-refractivity contribution < 1.29 is 25.3 Å². The van der Waals surface area contributed by atoms with E-state index in [9.17, 15) is 25.3 Å². The Labute approximate surface area is 267 Å². The Morgan fingerprint density at radius 3 is 0.733 bits per heavy atom. The third kappa shape index (κ3) is 8.42. The van der Waals surface area contributed by atoms with E-state index >= 15 is 0 Å². The summed E-state index contributed by atoms with van der Waals surface area (Å²) in [5, 5.41) is 0. The van der Waals surface area contributed by atoms with Gasteiger partial charge in [-0.05, 0) is 57.2 Å². The lowest BCUT2D eigenvalue weighted by molar-refractivity contribution is 0.477. The fourth-order valence-electron chi connectivity index (χ4n) is 4.12. The van der Waals surface area contributed by atoms with Gasteiger partial charge in [0.25, 0.3) is 0 Å². The van der Waals surface area contributed by atoms with Gasteiger partial charge in [0.2, 0.25) is 30.1 Å². The maximum absolute atomic E-state index is 13.5. The van der Waals surface area contributed by atoms with Crippen LogP contribution in [0.2, 0.25) is 0 Å². The van der Waals surface area contributed by atoms with E-state index in [0.717, 1.165) is 29.6 Å². The third-order valence-electron chi connectivity index (χ3n) is 6.88. The maximum Gasteiger partial charge on any atom is 0.244 e. The summed E-state index contributed by atoms with van der Waals surface area (Å²) in [5.41, 5.74) is 2.66. The largest absolute Gasteiger partial charge is 0.244 e. The zero-order valence-corrected chi connectivity index (χ0v) is 27.6. The summed E-state index contributed by atoms with van der Waals surface area (Å²) < 4.78 is 84.4. The van der Waals surface area contributed by atoms with Crippen LogP contribution in [0.25, 0.3) is 0 Å². The average Bonchev–Trinajstić information content (AvgIpc) is 3.01. The molecule has 234 valence electrons. The Morgan fingerprint density at radius 1 is 0.378 bits per heavy atom. The molecule has 12 heteroatoms. The Hall–Kier alpha value is -3.93. The summed E-state index contributed by atoms with van der Waals surface area (Å²) in [5.74, 6) is 16.7. The van der Waals surface area contributed by atoms with Gasteiger partial charge in [-0.1, -0.05) is 88.6 Å². The van der Waals surface area contributed by atoms with Crippen LogP contribution in [0.4, 0.5) is 0 Å². The molecule has 3 aromatic rings. The van der Waals surface area contributed by atoms with Crippen molar-refractivity contribution in [3.63, 3.8) is 0 Å². The van der Waals surface area contributed by atoms with E-state index in [1.54, 1.807) is 36.4 Å². The van der Waals surface area contributed by atoms with Gasteiger partial charge < -0.3 is 0 Å². The highest BCUT2D eigenvalue weighted by atomic mass is 32.2. The summed E-state index contributed by atoms with van der Waals surface area (Å²) in [6, 6.07) is 19.0. The molecule has 1 heterocycles. The van der Waals surface area contributed by atoms with Gasteiger partial charge in [0, 0.05) is 0 Å². The molecule has 4 rings (SSSR count). The second-order valence-corrected chi connectivity index (χ2v) is 16.1. The first kappa shape index (κ1) is 34.0. The summed E-state index contributed by atoms with van der Waals surface area (Å²) in [7, 11) is -12.1. The minimum atomic E-state index is -4.03. The normalized spacial score (nSPS) is 16.1. The van der Waals surface area contributed by atoms with Gasteiger partial charge in [-0.25, -0.2) is 25.3 Å². The van der Waals surface area contributed by atoms with Crippen LogP contribution in [0.3, 0.4) is 0 Å². The smallest absolute Gasteiger partial charge is 0.207 e. The van der Waals surface area contributed by atoms with Gasteiger partial charge >= 0.3 is 0 Å². The fourth-order valence-corrected chi connectivity index (χ4v) is 7.86. The number of rotatable bonds is 6. The molecule has 0 saturated carbocycles. The van der Waals surface area contributed by atoms with Crippen LogP contribution in [0, 0.1) is 56.3 Å². The Bertz CT molecular complexity index is 1770. The van der Waals surface area contributed by atoms with Gasteiger partial charge in [-0.15, -0.1) is 0 Å². The molecule has 45 heavy (non-hydrogen) atoms. The predicted molar refractivity (Wildman–Crippen MR) is 173 cm³/mol. The average molecular weight is 664 g/mol. The van der Waals surface area contributed by atoms with E-state index in [0.29, 0.717) is 0 Å². The lowest BCUT2D eigenvalue weighted by atomic mass is 10.2. The van der Waals surface area contributed by atoms with Crippen LogP contribution in [0.5, 0.6) is 0 Å². The van der Waals surface area contributed by atoms with Crippen molar-refractivity contribution >= 4 is 30.1 Å². The number of sulfonamides is 3. The zero-order valence-electron chi connectivity index (χ0n) is 25.2. The fraction of sp³-hybridized carbons (Fsp3) is 0.273. The maximum atomic E-state index is 13.5. The quantitative estimate of drug-likeness (QED) is 0.375. The van der Waals surface area contributed by atoms with Crippen LogP contribution in [0.15, 0.2) is 87.5 Å². The van der Waals surface area contributed by atoms with Crippen molar-refractivity contribution in [2.24, 2.45) is 0 Å². The molecule has 0 N–H and O–H groups in total. The van der Waals surface area contributed by atoms with Gasteiger partial charge in [0.05, 0.1) is 54.0 Å². The summed E-state index contributed by atoms with van der Waals surface area (Å²) >= 11 is 0. The van der Waals surface area contributed by atoms with E-state index in [4.69, 9.17) is 0 Å². The highest BCUT2D eigenvalue weighted by Gasteiger charge is 2.26. The van der Waals surface area contributed by atoms with Gasteiger partial charge in [-0.3, -0.25) is 0 Å². The van der Waals surface area contributed by atoms with Crippen molar-refractivity contribution in [3.8, 4) is 35.5 Å². The molecule has 0 aromatic heterocycles. The lowest BCUT2D eigenvalue weighted by Gasteiger charge is -2.18. The topological polar surface area (TPSA) is 112 Å². The zero-order chi connectivity index (χ0) is 32.7. The van der Waals surface area contributed by atoms with Crippen LogP contribution in [-0.2, 0) is 30.1 Å². The lowest BCUT2D eigenvalue weighted by Crippen LogP contribution is -2.33. The van der Waals surface area contributed by atoms with E-state index in [1.165, 1.54) is 36.4 Å². The standard InChI is InChI=1S/C33H33N3O6S3/c1-28-10-16-31(17-11-28)43(37,38)34-22-4-6-24-35(44(39,40)32-18-12-29(2)13-19-32)26-8-9-27-36(25-7-5-23-34)45(41,42)33-20-14-30(3)15-21-33/h10-21H,22-27H2,1-3H3. The minimum Gasteiger partial charge on any atom is -0.207 e. The van der Waals surface area contributed by atoms with Crippen molar-refractivity contribution in [1.82, 2.24) is 12.9 Å². The number of hydrogen-bond donors (Lipinski definition) is 0. The first-order valence-electron chi connectivity index (χ1n) is 13.9. The van der Waals surface area contributed by atoms with Crippen molar-refractivity contribution in [3.05, 3.63) is 89.5 Å². The summed E-state index contributed by atoms with van der Waals surface area (Å²) in [6.45, 7) is 3.94. The molecule has 0 saturated heterocycles. The molecular weight excluding hydrogens is 631 g/mol. The van der Waals surface area contributed by atoms with Gasteiger partial charge in [0.1, 0.15) is 0 Å². The summed E-state index contributed by atoms with van der Waals surface area (Å²) in [4.78, 5) is 0.153. The highest BCUT2D eigenvalue weighted by molar-refractivity contribution is 7.89. The van der Waals surface area contributed by atoms with Gasteiger partial charge in [-0.2, -0.15) is 12.9 Å². The molecule has 0 amide bonds. The molecule has 1 aliphatic rings. The third-order valence-corrected chi connectivity index (χ3v) is 12.3.